The Bertz CT molecular complexity index is 1160. The molecule has 1 atom stereocenters. The fourth-order valence-corrected chi connectivity index (χ4v) is 3.55. The van der Waals surface area contributed by atoms with Crippen molar-refractivity contribution in [2.45, 2.75) is 32.7 Å². The Kier molecular flexibility index (Phi) is 6.43. The van der Waals surface area contributed by atoms with E-state index in [1.165, 1.54) is 4.90 Å². The number of aromatic nitrogens is 3. The molecule has 0 bridgehead atoms. The van der Waals surface area contributed by atoms with Gasteiger partial charge < -0.3 is 20.1 Å². The number of para-hydroxylation sites is 2. The van der Waals surface area contributed by atoms with Crippen molar-refractivity contribution in [3.8, 4) is 11.4 Å². The molecule has 1 aromatic carbocycles. The molecule has 10 heteroatoms. The monoisotopic (exact) mass is 448 g/mol. The zero-order chi connectivity index (χ0) is 23.4. The summed E-state index contributed by atoms with van der Waals surface area (Å²) in [5.41, 5.74) is 1.95. The summed E-state index contributed by atoms with van der Waals surface area (Å²) in [7, 11) is 0. The average molecular weight is 448 g/mol. The van der Waals surface area contributed by atoms with Crippen LogP contribution >= 0.6 is 0 Å². The molecule has 0 fully saturated rings. The van der Waals surface area contributed by atoms with Crippen LogP contribution in [0.3, 0.4) is 0 Å². The van der Waals surface area contributed by atoms with Gasteiger partial charge in [0.25, 0.3) is 0 Å². The van der Waals surface area contributed by atoms with Crippen molar-refractivity contribution in [2.24, 2.45) is 5.92 Å². The number of hydrogen-bond acceptors (Lipinski definition) is 7. The number of anilines is 2. The van der Waals surface area contributed by atoms with Crippen LogP contribution < -0.4 is 15.5 Å². The molecular weight excluding hydrogens is 424 g/mol. The number of nitrogens with zero attached hydrogens (tertiary/aromatic N) is 4. The van der Waals surface area contributed by atoms with E-state index in [0.29, 0.717) is 17.2 Å². The minimum absolute atomic E-state index is 0.0203. The SMILES string of the molecule is CC(C)C(NC(=O)CCC(=O)N1CC(=O)Nc2ccccc21)c1nc(-c2ccncc2)no1. The van der Waals surface area contributed by atoms with Gasteiger partial charge in [-0.25, -0.2) is 0 Å². The minimum atomic E-state index is -0.503. The molecule has 2 N–H and O–H groups in total. The number of fused-ring (bicyclic) bond motifs is 1. The van der Waals surface area contributed by atoms with Crippen molar-refractivity contribution in [2.75, 3.05) is 16.8 Å². The number of hydrogen-bond donors (Lipinski definition) is 2. The molecule has 33 heavy (non-hydrogen) atoms. The Morgan fingerprint density at radius 2 is 1.91 bits per heavy atom. The van der Waals surface area contributed by atoms with E-state index in [0.717, 1.165) is 5.56 Å². The van der Waals surface area contributed by atoms with E-state index in [1.807, 2.05) is 13.8 Å². The van der Waals surface area contributed by atoms with E-state index in [-0.39, 0.29) is 48.9 Å². The quantitative estimate of drug-likeness (QED) is 0.568. The second-order valence-electron chi connectivity index (χ2n) is 8.03. The van der Waals surface area contributed by atoms with Crippen molar-refractivity contribution < 1.29 is 18.9 Å². The lowest BCUT2D eigenvalue weighted by molar-refractivity contribution is -0.126. The predicted octanol–water partition coefficient (Wildman–Crippen LogP) is 2.71. The Balaban J connectivity index is 1.39. The number of rotatable bonds is 7. The molecule has 170 valence electrons. The van der Waals surface area contributed by atoms with Gasteiger partial charge in [-0.1, -0.05) is 31.1 Å². The first-order chi connectivity index (χ1) is 15.9. The molecule has 1 unspecified atom stereocenters. The van der Waals surface area contributed by atoms with Crippen LogP contribution in [-0.2, 0) is 14.4 Å². The molecule has 3 amide bonds. The highest BCUT2D eigenvalue weighted by molar-refractivity contribution is 6.10. The lowest BCUT2D eigenvalue weighted by Crippen LogP contribution is -2.42. The molecule has 2 aromatic heterocycles. The van der Waals surface area contributed by atoms with Crippen molar-refractivity contribution in [3.63, 3.8) is 0 Å². The number of pyridine rings is 1. The maximum absolute atomic E-state index is 12.8. The Labute approximate surface area is 190 Å². The normalized spacial score (nSPS) is 13.9. The van der Waals surface area contributed by atoms with Crippen molar-refractivity contribution in [3.05, 3.63) is 54.7 Å². The van der Waals surface area contributed by atoms with Gasteiger partial charge in [0.2, 0.25) is 29.4 Å². The predicted molar refractivity (Wildman–Crippen MR) is 120 cm³/mol. The first-order valence-electron chi connectivity index (χ1n) is 10.6. The molecular formula is C23H24N6O4. The van der Waals surface area contributed by atoms with Crippen molar-refractivity contribution in [1.29, 1.82) is 0 Å². The lowest BCUT2D eigenvalue weighted by atomic mass is 10.0. The van der Waals surface area contributed by atoms with Crippen LogP contribution in [0.25, 0.3) is 11.4 Å². The molecule has 1 aliphatic rings. The van der Waals surface area contributed by atoms with Gasteiger partial charge in [0.05, 0.1) is 11.4 Å². The van der Waals surface area contributed by atoms with E-state index in [4.69, 9.17) is 4.52 Å². The third-order valence-electron chi connectivity index (χ3n) is 5.27. The maximum Gasteiger partial charge on any atom is 0.249 e. The Morgan fingerprint density at radius 3 is 2.67 bits per heavy atom. The summed E-state index contributed by atoms with van der Waals surface area (Å²) < 4.78 is 5.40. The van der Waals surface area contributed by atoms with Crippen LogP contribution in [-0.4, -0.2) is 39.4 Å². The smallest absolute Gasteiger partial charge is 0.249 e. The van der Waals surface area contributed by atoms with E-state index < -0.39 is 6.04 Å². The summed E-state index contributed by atoms with van der Waals surface area (Å²) in [6.45, 7) is 3.78. The van der Waals surface area contributed by atoms with Crippen LogP contribution in [0.4, 0.5) is 11.4 Å². The van der Waals surface area contributed by atoms with Gasteiger partial charge in [-0.3, -0.25) is 19.4 Å². The third kappa shape index (κ3) is 5.05. The molecule has 0 aliphatic carbocycles. The van der Waals surface area contributed by atoms with E-state index in [1.54, 1.807) is 48.8 Å². The Hall–Kier alpha value is -4.08. The molecule has 3 heterocycles. The van der Waals surface area contributed by atoms with Gasteiger partial charge in [0.1, 0.15) is 12.6 Å². The molecule has 4 rings (SSSR count). The molecule has 0 radical (unpaired) electrons. The van der Waals surface area contributed by atoms with Crippen LogP contribution in [0.5, 0.6) is 0 Å². The van der Waals surface area contributed by atoms with E-state index in [2.05, 4.69) is 25.8 Å². The number of amides is 3. The van der Waals surface area contributed by atoms with Gasteiger partial charge in [0.15, 0.2) is 0 Å². The molecule has 1 aliphatic heterocycles. The zero-order valence-corrected chi connectivity index (χ0v) is 18.3. The van der Waals surface area contributed by atoms with Gasteiger partial charge >= 0.3 is 0 Å². The lowest BCUT2D eigenvalue weighted by Gasteiger charge is -2.29. The number of nitrogens with one attached hydrogen (secondary N) is 2. The number of benzene rings is 1. The summed E-state index contributed by atoms with van der Waals surface area (Å²) >= 11 is 0. The van der Waals surface area contributed by atoms with E-state index in [9.17, 15) is 14.4 Å². The zero-order valence-electron chi connectivity index (χ0n) is 18.3. The molecule has 0 saturated heterocycles. The van der Waals surface area contributed by atoms with Crippen LogP contribution in [0.15, 0.2) is 53.3 Å². The molecule has 3 aromatic rings. The summed E-state index contributed by atoms with van der Waals surface area (Å²) in [6, 6.07) is 10.1. The summed E-state index contributed by atoms with van der Waals surface area (Å²) in [5, 5.41) is 9.62. The maximum atomic E-state index is 12.8. The highest BCUT2D eigenvalue weighted by Gasteiger charge is 2.28. The van der Waals surface area contributed by atoms with Crippen LogP contribution in [0, 0.1) is 5.92 Å². The summed E-state index contributed by atoms with van der Waals surface area (Å²) in [4.78, 5) is 47.2. The minimum Gasteiger partial charge on any atom is -0.344 e. The second kappa shape index (κ2) is 9.60. The molecule has 0 saturated carbocycles. The highest BCUT2D eigenvalue weighted by atomic mass is 16.5. The van der Waals surface area contributed by atoms with Crippen LogP contribution in [0.1, 0.15) is 38.6 Å². The van der Waals surface area contributed by atoms with Gasteiger partial charge in [-0.2, -0.15) is 4.98 Å². The highest BCUT2D eigenvalue weighted by Crippen LogP contribution is 2.29. The number of carbonyl (C=O) groups is 3. The Morgan fingerprint density at radius 1 is 1.15 bits per heavy atom. The number of carbonyl (C=O) groups excluding carboxylic acids is 3. The fraction of sp³-hybridized carbons (Fsp3) is 0.304. The largest absolute Gasteiger partial charge is 0.344 e. The van der Waals surface area contributed by atoms with E-state index >= 15 is 0 Å². The van der Waals surface area contributed by atoms with Gasteiger partial charge in [-0.05, 0) is 30.2 Å². The summed E-state index contributed by atoms with van der Waals surface area (Å²) in [6.07, 6.45) is 3.20. The van der Waals surface area contributed by atoms with Crippen molar-refractivity contribution in [1.82, 2.24) is 20.4 Å². The summed E-state index contributed by atoms with van der Waals surface area (Å²) in [5.74, 6) is -0.213. The van der Waals surface area contributed by atoms with Crippen molar-refractivity contribution >= 4 is 29.1 Å². The van der Waals surface area contributed by atoms with Crippen LogP contribution in [0.2, 0.25) is 0 Å². The molecule has 0 spiro atoms. The first kappa shape index (κ1) is 22.1. The topological polar surface area (TPSA) is 130 Å². The first-order valence-corrected chi connectivity index (χ1v) is 10.6. The molecule has 10 nitrogen and oxygen atoms in total. The van der Waals surface area contributed by atoms with Gasteiger partial charge in [0, 0.05) is 30.8 Å². The standard InChI is InChI=1S/C23H24N6O4/c1-14(2)21(23-27-22(28-33-23)15-9-11-24-12-10-15)26-18(30)7-8-20(32)29-13-19(31)25-16-5-3-4-6-17(16)29/h3-6,9-12,14,21H,7-8,13H2,1-2H3,(H,25,31)(H,26,30). The second-order valence-corrected chi connectivity index (χ2v) is 8.03. The fourth-order valence-electron chi connectivity index (χ4n) is 3.55. The third-order valence-corrected chi connectivity index (χ3v) is 5.27. The average Bonchev–Trinajstić information content (AvgIpc) is 3.30. The van der Waals surface area contributed by atoms with Gasteiger partial charge in [-0.15, -0.1) is 0 Å².